The number of hydrogen-bond acceptors (Lipinski definition) is 3. The van der Waals surface area contributed by atoms with E-state index in [4.69, 9.17) is 16.3 Å². The summed E-state index contributed by atoms with van der Waals surface area (Å²) in [5, 5.41) is 4.09. The zero-order chi connectivity index (χ0) is 20.9. The van der Waals surface area contributed by atoms with Crippen LogP contribution in [0.25, 0.3) is 10.9 Å². The number of ketones is 1. The van der Waals surface area contributed by atoms with Crippen LogP contribution >= 0.6 is 11.6 Å². The van der Waals surface area contributed by atoms with Gasteiger partial charge in [0.05, 0.1) is 10.6 Å². The highest BCUT2D eigenvalue weighted by molar-refractivity contribution is 6.30. The Hall–Kier alpha value is -2.86. The first-order chi connectivity index (χ1) is 14.4. The molecule has 2 bridgehead atoms. The summed E-state index contributed by atoms with van der Waals surface area (Å²) in [6.07, 6.45) is 4.55. The monoisotopic (exact) mass is 426 g/mol. The Kier molecular flexibility index (Phi) is 4.36. The molecule has 0 radical (unpaired) electrons. The summed E-state index contributed by atoms with van der Waals surface area (Å²) in [6, 6.07) is 11.8. The third kappa shape index (κ3) is 3.25. The van der Waals surface area contributed by atoms with Gasteiger partial charge in [0.1, 0.15) is 18.2 Å². The summed E-state index contributed by atoms with van der Waals surface area (Å²) < 4.78 is 18.8. The Morgan fingerprint density at radius 1 is 1.17 bits per heavy atom. The second-order valence-electron chi connectivity index (χ2n) is 8.59. The molecule has 3 aromatic rings. The molecule has 1 aromatic heterocycles. The van der Waals surface area contributed by atoms with E-state index in [2.05, 4.69) is 10.3 Å². The highest BCUT2D eigenvalue weighted by atomic mass is 35.5. The van der Waals surface area contributed by atoms with Gasteiger partial charge >= 0.3 is 0 Å². The topological polar surface area (TPSA) is 71.2 Å². The van der Waals surface area contributed by atoms with Gasteiger partial charge in [-0.2, -0.15) is 0 Å². The summed E-state index contributed by atoms with van der Waals surface area (Å²) in [5.41, 5.74) is 1.33. The van der Waals surface area contributed by atoms with Crippen molar-refractivity contribution in [1.29, 1.82) is 0 Å². The molecule has 3 aliphatic rings. The van der Waals surface area contributed by atoms with Crippen LogP contribution in [0.4, 0.5) is 4.39 Å². The van der Waals surface area contributed by atoms with Crippen molar-refractivity contribution in [2.75, 3.05) is 6.61 Å². The van der Waals surface area contributed by atoms with Gasteiger partial charge in [-0.1, -0.05) is 29.8 Å². The average molecular weight is 427 g/mol. The molecule has 3 saturated carbocycles. The van der Waals surface area contributed by atoms with Gasteiger partial charge in [0.15, 0.2) is 5.78 Å². The Balaban J connectivity index is 1.13. The lowest BCUT2D eigenvalue weighted by molar-refractivity contribution is -0.162. The molecule has 1 heterocycles. The number of ether oxygens (including phenoxy) is 1. The number of para-hydroxylation sites is 1. The highest BCUT2D eigenvalue weighted by Crippen LogP contribution is 2.69. The van der Waals surface area contributed by atoms with Gasteiger partial charge in [-0.25, -0.2) is 4.39 Å². The van der Waals surface area contributed by atoms with Gasteiger partial charge in [0.25, 0.3) is 5.91 Å². The predicted molar refractivity (Wildman–Crippen MR) is 111 cm³/mol. The van der Waals surface area contributed by atoms with Gasteiger partial charge < -0.3 is 15.0 Å². The third-order valence-corrected chi connectivity index (χ3v) is 6.52. The number of nitrogens with one attached hydrogen (secondary N) is 2. The Bertz CT molecular complexity index is 1150. The molecule has 6 rings (SSSR count). The van der Waals surface area contributed by atoms with Crippen LogP contribution in [-0.4, -0.2) is 28.8 Å². The van der Waals surface area contributed by atoms with Gasteiger partial charge in [-0.05, 0) is 42.9 Å². The fourth-order valence-electron chi connectivity index (χ4n) is 5.09. The molecule has 5 nitrogen and oxygen atoms in total. The van der Waals surface area contributed by atoms with Gasteiger partial charge in [-0.15, -0.1) is 0 Å². The lowest BCUT2D eigenvalue weighted by Gasteiger charge is -2.70. The van der Waals surface area contributed by atoms with Gasteiger partial charge in [0, 0.05) is 35.1 Å². The molecule has 3 fully saturated rings. The molecule has 7 heteroatoms. The standard InChI is InChI=1S/C23H20ClFN2O3/c24-18-6-5-15(7-19(18)25)30-10-14(28)8-22-11-23(12-22,13-22)27-21(29)17-9-26-20-4-2-1-3-16(17)20/h1-7,9,26H,8,10-13H2,(H,27,29). The minimum absolute atomic E-state index is 0.0162. The van der Waals surface area contributed by atoms with Crippen molar-refractivity contribution in [2.45, 2.75) is 31.2 Å². The second kappa shape index (κ2) is 6.84. The summed E-state index contributed by atoms with van der Waals surface area (Å²) in [4.78, 5) is 28.2. The molecule has 0 unspecified atom stereocenters. The van der Waals surface area contributed by atoms with Crippen LogP contribution in [-0.2, 0) is 4.79 Å². The van der Waals surface area contributed by atoms with Crippen LogP contribution in [0.1, 0.15) is 36.0 Å². The van der Waals surface area contributed by atoms with Crippen LogP contribution in [0.2, 0.25) is 5.02 Å². The summed E-state index contributed by atoms with van der Waals surface area (Å²) >= 11 is 5.64. The first-order valence-corrected chi connectivity index (χ1v) is 10.2. The zero-order valence-electron chi connectivity index (χ0n) is 16.1. The fourth-order valence-corrected chi connectivity index (χ4v) is 5.20. The largest absolute Gasteiger partial charge is 0.486 e. The van der Waals surface area contributed by atoms with E-state index in [-0.39, 0.29) is 40.0 Å². The number of carbonyl (C=O) groups excluding carboxylic acids is 2. The molecule has 0 aliphatic heterocycles. The van der Waals surface area contributed by atoms with E-state index >= 15 is 0 Å². The number of Topliss-reactive ketones (excluding diaryl/α,β-unsaturated/α-hetero) is 1. The number of halogens is 2. The molecular formula is C23H20ClFN2O3. The fraction of sp³-hybridized carbons (Fsp3) is 0.304. The minimum atomic E-state index is -0.575. The molecule has 0 spiro atoms. The molecule has 1 amide bonds. The third-order valence-electron chi connectivity index (χ3n) is 6.22. The van der Waals surface area contributed by atoms with Crippen molar-refractivity contribution >= 4 is 34.2 Å². The normalized spacial score (nSPS) is 24.1. The van der Waals surface area contributed by atoms with E-state index in [1.165, 1.54) is 18.2 Å². The van der Waals surface area contributed by atoms with E-state index in [9.17, 15) is 14.0 Å². The molecule has 0 saturated heterocycles. The number of carbonyl (C=O) groups is 2. The summed E-state index contributed by atoms with van der Waals surface area (Å²) in [5.74, 6) is -0.402. The molecule has 2 aromatic carbocycles. The molecule has 154 valence electrons. The lowest BCUT2D eigenvalue weighted by atomic mass is 9.38. The number of fused-ring (bicyclic) bond motifs is 1. The number of rotatable bonds is 7. The van der Waals surface area contributed by atoms with Gasteiger partial charge in [-0.3, -0.25) is 9.59 Å². The van der Waals surface area contributed by atoms with E-state index in [1.807, 2.05) is 24.3 Å². The molecule has 3 aliphatic carbocycles. The van der Waals surface area contributed by atoms with Crippen LogP contribution in [0.5, 0.6) is 5.75 Å². The quantitative estimate of drug-likeness (QED) is 0.577. The maximum Gasteiger partial charge on any atom is 0.253 e. The smallest absolute Gasteiger partial charge is 0.253 e. The number of hydrogen-bond donors (Lipinski definition) is 2. The van der Waals surface area contributed by atoms with Gasteiger partial charge in [0.2, 0.25) is 0 Å². The maximum atomic E-state index is 13.4. The SMILES string of the molecule is O=C(COc1ccc(Cl)c(F)c1)CC12CC(NC(=O)c3c[nH]c4ccccc34)(C1)C2. The second-order valence-corrected chi connectivity index (χ2v) is 9.00. The number of aromatic nitrogens is 1. The molecule has 2 N–H and O–H groups in total. The lowest BCUT2D eigenvalue weighted by Crippen LogP contribution is -2.75. The summed E-state index contributed by atoms with van der Waals surface area (Å²) in [6.45, 7) is -0.0997. The molecule has 0 atom stereocenters. The summed E-state index contributed by atoms with van der Waals surface area (Å²) in [7, 11) is 0. The van der Waals surface area contributed by atoms with E-state index < -0.39 is 5.82 Å². The Morgan fingerprint density at radius 2 is 1.93 bits per heavy atom. The Labute approximate surface area is 177 Å². The van der Waals surface area contributed by atoms with Crippen LogP contribution in [0.15, 0.2) is 48.7 Å². The zero-order valence-corrected chi connectivity index (χ0v) is 16.9. The number of benzene rings is 2. The minimum Gasteiger partial charge on any atom is -0.486 e. The van der Waals surface area contributed by atoms with E-state index in [1.54, 1.807) is 6.20 Å². The molecular weight excluding hydrogens is 407 g/mol. The molecule has 30 heavy (non-hydrogen) atoms. The predicted octanol–water partition coefficient (Wildman–Crippen LogP) is 4.65. The first-order valence-electron chi connectivity index (χ1n) is 9.85. The van der Waals surface area contributed by atoms with Crippen molar-refractivity contribution in [3.63, 3.8) is 0 Å². The maximum absolute atomic E-state index is 13.4. The number of amides is 1. The van der Waals surface area contributed by atoms with Crippen molar-refractivity contribution < 1.29 is 18.7 Å². The van der Waals surface area contributed by atoms with E-state index in [0.29, 0.717) is 12.0 Å². The van der Waals surface area contributed by atoms with Crippen molar-refractivity contribution in [2.24, 2.45) is 5.41 Å². The van der Waals surface area contributed by atoms with Crippen LogP contribution in [0.3, 0.4) is 0 Å². The van der Waals surface area contributed by atoms with Crippen LogP contribution < -0.4 is 10.1 Å². The number of H-pyrrole nitrogens is 1. The van der Waals surface area contributed by atoms with Crippen molar-refractivity contribution in [3.05, 3.63) is 65.1 Å². The van der Waals surface area contributed by atoms with Crippen molar-refractivity contribution in [1.82, 2.24) is 10.3 Å². The van der Waals surface area contributed by atoms with Crippen molar-refractivity contribution in [3.8, 4) is 5.75 Å². The highest BCUT2D eigenvalue weighted by Gasteiger charge is 2.68. The van der Waals surface area contributed by atoms with E-state index in [0.717, 1.165) is 30.2 Å². The Morgan fingerprint density at radius 3 is 2.70 bits per heavy atom. The number of aromatic amines is 1. The first kappa shape index (κ1) is 19.1. The average Bonchev–Trinajstić information content (AvgIpc) is 3.10. The van der Waals surface area contributed by atoms with Crippen LogP contribution in [0, 0.1) is 11.2 Å².